The molecule has 0 radical (unpaired) electrons. The Labute approximate surface area is 133 Å². The first-order valence-electron chi connectivity index (χ1n) is 7.75. The summed E-state index contributed by atoms with van der Waals surface area (Å²) in [6, 6.07) is 9.30. The van der Waals surface area contributed by atoms with Crippen molar-refractivity contribution in [1.82, 2.24) is 15.2 Å². The van der Waals surface area contributed by atoms with Gasteiger partial charge in [-0.1, -0.05) is 24.8 Å². The molecule has 0 amide bonds. The number of benzene rings is 1. The quantitative estimate of drug-likeness (QED) is 0.898. The van der Waals surface area contributed by atoms with Crippen molar-refractivity contribution in [3.8, 4) is 0 Å². The molecule has 0 bridgehead atoms. The molecule has 0 spiro atoms. The van der Waals surface area contributed by atoms with E-state index in [1.165, 1.54) is 4.90 Å². The molecule has 1 unspecified atom stereocenters. The SMILES string of the molecule is C=C(c1cc2ccccc2[nH]1)N(CC(F)(F)F)C1CCCNC1. The molecule has 0 saturated carbocycles. The number of halogens is 3. The van der Waals surface area contributed by atoms with Crippen molar-refractivity contribution in [3.63, 3.8) is 0 Å². The van der Waals surface area contributed by atoms with E-state index < -0.39 is 12.7 Å². The number of piperidine rings is 1. The smallest absolute Gasteiger partial charge is 0.357 e. The van der Waals surface area contributed by atoms with Gasteiger partial charge in [-0.15, -0.1) is 0 Å². The second kappa shape index (κ2) is 6.28. The van der Waals surface area contributed by atoms with E-state index in [0.717, 1.165) is 30.3 Å². The van der Waals surface area contributed by atoms with Crippen molar-refractivity contribution in [1.29, 1.82) is 0 Å². The molecular formula is C17H20F3N3. The second-order valence-corrected chi connectivity index (χ2v) is 5.96. The highest BCUT2D eigenvalue weighted by molar-refractivity contribution is 5.84. The predicted molar refractivity (Wildman–Crippen MR) is 86.0 cm³/mol. The summed E-state index contributed by atoms with van der Waals surface area (Å²) in [5.74, 6) is 0. The van der Waals surface area contributed by atoms with Gasteiger partial charge in [-0.2, -0.15) is 13.2 Å². The predicted octanol–water partition coefficient (Wildman–Crippen LogP) is 3.75. The zero-order valence-electron chi connectivity index (χ0n) is 12.8. The highest BCUT2D eigenvalue weighted by Gasteiger charge is 2.35. The number of aromatic nitrogens is 1. The minimum Gasteiger partial charge on any atom is -0.357 e. The van der Waals surface area contributed by atoms with Crippen LogP contribution in [0.2, 0.25) is 0 Å². The van der Waals surface area contributed by atoms with E-state index >= 15 is 0 Å². The number of nitrogens with one attached hydrogen (secondary N) is 2. The topological polar surface area (TPSA) is 31.1 Å². The van der Waals surface area contributed by atoms with Gasteiger partial charge in [-0.05, 0) is 31.5 Å². The van der Waals surface area contributed by atoms with Gasteiger partial charge >= 0.3 is 6.18 Å². The fourth-order valence-corrected chi connectivity index (χ4v) is 3.12. The molecule has 1 atom stereocenters. The van der Waals surface area contributed by atoms with Crippen LogP contribution in [-0.2, 0) is 0 Å². The third-order valence-corrected chi connectivity index (χ3v) is 4.25. The average molecular weight is 323 g/mol. The fraction of sp³-hybridized carbons (Fsp3) is 0.412. The molecule has 2 N–H and O–H groups in total. The number of H-pyrrole nitrogens is 1. The zero-order chi connectivity index (χ0) is 16.4. The van der Waals surface area contributed by atoms with E-state index in [9.17, 15) is 13.2 Å². The van der Waals surface area contributed by atoms with Crippen LogP contribution in [0.25, 0.3) is 16.6 Å². The van der Waals surface area contributed by atoms with Crippen molar-refractivity contribution in [2.24, 2.45) is 0 Å². The number of fused-ring (bicyclic) bond motifs is 1. The number of nitrogens with zero attached hydrogens (tertiary/aromatic N) is 1. The van der Waals surface area contributed by atoms with E-state index in [1.54, 1.807) is 0 Å². The van der Waals surface area contributed by atoms with Crippen LogP contribution in [0.15, 0.2) is 36.9 Å². The van der Waals surface area contributed by atoms with Crippen molar-refractivity contribution in [3.05, 3.63) is 42.6 Å². The molecule has 1 aromatic heterocycles. The fourth-order valence-electron chi connectivity index (χ4n) is 3.12. The van der Waals surface area contributed by atoms with Crippen molar-refractivity contribution in [2.75, 3.05) is 19.6 Å². The van der Waals surface area contributed by atoms with Crippen LogP contribution in [0.4, 0.5) is 13.2 Å². The summed E-state index contributed by atoms with van der Waals surface area (Å²) in [4.78, 5) is 4.56. The highest BCUT2D eigenvalue weighted by Crippen LogP contribution is 2.29. The van der Waals surface area contributed by atoms with Crippen LogP contribution >= 0.6 is 0 Å². The van der Waals surface area contributed by atoms with Crippen molar-refractivity contribution in [2.45, 2.75) is 25.1 Å². The van der Waals surface area contributed by atoms with Crippen LogP contribution in [-0.4, -0.2) is 41.7 Å². The Kier molecular flexibility index (Phi) is 4.35. The lowest BCUT2D eigenvalue weighted by Crippen LogP contribution is -2.48. The molecule has 1 aliphatic heterocycles. The third kappa shape index (κ3) is 3.69. The minimum atomic E-state index is -4.26. The number of alkyl halides is 3. The molecule has 2 aromatic rings. The number of aromatic amines is 1. The molecule has 3 rings (SSSR count). The lowest BCUT2D eigenvalue weighted by atomic mass is 10.0. The van der Waals surface area contributed by atoms with Gasteiger partial charge < -0.3 is 15.2 Å². The molecule has 6 heteroatoms. The van der Waals surface area contributed by atoms with Gasteiger partial charge in [0.15, 0.2) is 0 Å². The summed E-state index contributed by atoms with van der Waals surface area (Å²) in [5.41, 5.74) is 1.94. The second-order valence-electron chi connectivity index (χ2n) is 5.96. The van der Waals surface area contributed by atoms with E-state index in [-0.39, 0.29) is 6.04 Å². The minimum absolute atomic E-state index is 0.190. The van der Waals surface area contributed by atoms with E-state index in [1.807, 2.05) is 30.3 Å². The van der Waals surface area contributed by atoms with Crippen LogP contribution < -0.4 is 5.32 Å². The maximum atomic E-state index is 13.0. The molecule has 1 aromatic carbocycles. The first kappa shape index (κ1) is 15.9. The van der Waals surface area contributed by atoms with E-state index in [4.69, 9.17) is 0 Å². The Morgan fingerprint density at radius 3 is 2.74 bits per heavy atom. The summed E-state index contributed by atoms with van der Waals surface area (Å²) >= 11 is 0. The van der Waals surface area contributed by atoms with Crippen molar-refractivity contribution >= 4 is 16.6 Å². The van der Waals surface area contributed by atoms with Gasteiger partial charge in [0.1, 0.15) is 6.54 Å². The lowest BCUT2D eigenvalue weighted by Gasteiger charge is -2.37. The summed E-state index contributed by atoms with van der Waals surface area (Å²) in [5, 5.41) is 4.14. The zero-order valence-corrected chi connectivity index (χ0v) is 12.8. The number of hydrogen-bond acceptors (Lipinski definition) is 2. The Balaban J connectivity index is 1.89. The van der Waals surface area contributed by atoms with Gasteiger partial charge in [0.05, 0.1) is 11.4 Å². The number of rotatable bonds is 4. The number of hydrogen-bond donors (Lipinski definition) is 2. The molecule has 1 saturated heterocycles. The van der Waals surface area contributed by atoms with Crippen LogP contribution in [0.1, 0.15) is 18.5 Å². The van der Waals surface area contributed by atoms with Crippen LogP contribution in [0, 0.1) is 0 Å². The van der Waals surface area contributed by atoms with E-state index in [0.29, 0.717) is 17.9 Å². The monoisotopic (exact) mass is 323 g/mol. The third-order valence-electron chi connectivity index (χ3n) is 4.25. The summed E-state index contributed by atoms with van der Waals surface area (Å²) < 4.78 is 39.1. The van der Waals surface area contributed by atoms with Crippen molar-refractivity contribution < 1.29 is 13.2 Å². The molecule has 3 nitrogen and oxygen atoms in total. The Hall–Kier alpha value is -1.95. The molecule has 1 aliphatic rings. The van der Waals surface area contributed by atoms with Gasteiger partial charge in [0, 0.05) is 23.5 Å². The molecule has 0 aliphatic carbocycles. The van der Waals surface area contributed by atoms with Crippen LogP contribution in [0.5, 0.6) is 0 Å². The first-order valence-corrected chi connectivity index (χ1v) is 7.75. The summed E-state index contributed by atoms with van der Waals surface area (Å²) in [7, 11) is 0. The average Bonchev–Trinajstić information content (AvgIpc) is 2.96. The molecular weight excluding hydrogens is 303 g/mol. The molecule has 1 fully saturated rings. The normalized spacial score (nSPS) is 19.0. The van der Waals surface area contributed by atoms with E-state index in [2.05, 4.69) is 16.9 Å². The van der Waals surface area contributed by atoms with Crippen LogP contribution in [0.3, 0.4) is 0 Å². The number of para-hydroxylation sites is 1. The first-order chi connectivity index (χ1) is 10.9. The molecule has 124 valence electrons. The Morgan fingerprint density at radius 1 is 1.30 bits per heavy atom. The maximum absolute atomic E-state index is 13.0. The standard InChI is InChI=1S/C17H20F3N3/c1-12(16-9-13-5-2-3-7-15(13)22-16)23(11-17(18,19)20)14-6-4-8-21-10-14/h2-3,5,7,9,14,21-22H,1,4,6,8,10-11H2. The Morgan fingerprint density at radius 2 is 2.09 bits per heavy atom. The van der Waals surface area contributed by atoms with Gasteiger partial charge in [0.25, 0.3) is 0 Å². The molecule has 23 heavy (non-hydrogen) atoms. The maximum Gasteiger partial charge on any atom is 0.405 e. The largest absolute Gasteiger partial charge is 0.405 e. The summed E-state index contributed by atoms with van der Waals surface area (Å²) in [6.07, 6.45) is -2.65. The summed E-state index contributed by atoms with van der Waals surface area (Å²) in [6.45, 7) is 4.38. The lowest BCUT2D eigenvalue weighted by molar-refractivity contribution is -0.143. The molecule has 2 heterocycles. The highest BCUT2D eigenvalue weighted by atomic mass is 19.4. The Bertz CT molecular complexity index is 651. The van der Waals surface area contributed by atoms with Gasteiger partial charge in [-0.25, -0.2) is 0 Å². The van der Waals surface area contributed by atoms with Gasteiger partial charge in [-0.3, -0.25) is 0 Å². The van der Waals surface area contributed by atoms with Gasteiger partial charge in [0.2, 0.25) is 0 Å².